The molecule has 0 saturated heterocycles. The van der Waals surface area contributed by atoms with Crippen molar-refractivity contribution in [2.75, 3.05) is 7.11 Å². The largest absolute Gasteiger partial charge is 0.494 e. The molecule has 0 aliphatic carbocycles. The summed E-state index contributed by atoms with van der Waals surface area (Å²) in [6, 6.07) is 4.83. The molecule has 0 N–H and O–H groups in total. The van der Waals surface area contributed by atoms with E-state index in [4.69, 9.17) is 4.74 Å². The van der Waals surface area contributed by atoms with Gasteiger partial charge in [0.05, 0.1) is 13.7 Å². The van der Waals surface area contributed by atoms with Crippen LogP contribution in [0.25, 0.3) is 0 Å². The standard InChI is InChI=1S/C13H12BrFN2O2/c1-8-16-6-10(14)13(18)17(8)7-9-4-3-5-11(19-2)12(9)15/h3-6H,7H2,1-2H3. The molecule has 19 heavy (non-hydrogen) atoms. The molecule has 0 saturated carbocycles. The quantitative estimate of drug-likeness (QED) is 0.870. The number of hydrogen-bond donors (Lipinski definition) is 0. The Morgan fingerprint density at radius 2 is 2.21 bits per heavy atom. The SMILES string of the molecule is COc1cccc(Cn2c(C)ncc(Br)c2=O)c1F. The number of benzene rings is 1. The van der Waals surface area contributed by atoms with Crippen molar-refractivity contribution in [2.24, 2.45) is 0 Å². The lowest BCUT2D eigenvalue weighted by atomic mass is 10.2. The minimum absolute atomic E-state index is 0.111. The fraction of sp³-hybridized carbons (Fsp3) is 0.231. The lowest BCUT2D eigenvalue weighted by molar-refractivity contribution is 0.383. The number of hydrogen-bond acceptors (Lipinski definition) is 3. The number of halogens is 2. The molecule has 0 aliphatic heterocycles. The van der Waals surface area contributed by atoms with Crippen LogP contribution in [0, 0.1) is 12.7 Å². The molecule has 0 radical (unpaired) electrons. The number of nitrogens with zero attached hydrogens (tertiary/aromatic N) is 2. The highest BCUT2D eigenvalue weighted by Gasteiger charge is 2.12. The number of rotatable bonds is 3. The minimum atomic E-state index is -0.462. The summed E-state index contributed by atoms with van der Waals surface area (Å²) in [5.74, 6) is 0.220. The van der Waals surface area contributed by atoms with Crippen molar-refractivity contribution in [2.45, 2.75) is 13.5 Å². The highest BCUT2D eigenvalue weighted by atomic mass is 79.9. The number of methoxy groups -OCH3 is 1. The van der Waals surface area contributed by atoms with E-state index in [1.54, 1.807) is 19.1 Å². The molecule has 4 nitrogen and oxygen atoms in total. The Morgan fingerprint density at radius 1 is 1.47 bits per heavy atom. The van der Waals surface area contributed by atoms with Gasteiger partial charge in [-0.05, 0) is 28.9 Å². The smallest absolute Gasteiger partial charge is 0.268 e. The number of aromatic nitrogens is 2. The summed E-state index contributed by atoms with van der Waals surface area (Å²) in [6.45, 7) is 1.81. The zero-order valence-corrected chi connectivity index (χ0v) is 12.1. The maximum Gasteiger partial charge on any atom is 0.268 e. The van der Waals surface area contributed by atoms with Gasteiger partial charge in [0.2, 0.25) is 0 Å². The van der Waals surface area contributed by atoms with Crippen LogP contribution < -0.4 is 10.3 Å². The Hall–Kier alpha value is -1.69. The molecule has 0 fully saturated rings. The van der Waals surface area contributed by atoms with Gasteiger partial charge in [-0.2, -0.15) is 0 Å². The lowest BCUT2D eigenvalue weighted by Crippen LogP contribution is -2.25. The molecule has 100 valence electrons. The maximum absolute atomic E-state index is 14.1. The average molecular weight is 327 g/mol. The molecule has 6 heteroatoms. The summed E-state index contributed by atoms with van der Waals surface area (Å²) in [5, 5.41) is 0. The third kappa shape index (κ3) is 2.68. The summed E-state index contributed by atoms with van der Waals surface area (Å²) in [4.78, 5) is 16.1. The van der Waals surface area contributed by atoms with Crippen molar-refractivity contribution in [3.8, 4) is 5.75 Å². The summed E-state index contributed by atoms with van der Waals surface area (Å²) in [5.41, 5.74) is 0.138. The average Bonchev–Trinajstić information content (AvgIpc) is 2.41. The summed E-state index contributed by atoms with van der Waals surface area (Å²) >= 11 is 3.13. The summed E-state index contributed by atoms with van der Waals surface area (Å²) < 4.78 is 20.7. The normalized spacial score (nSPS) is 10.5. The molecule has 2 aromatic rings. The first kappa shape index (κ1) is 13.7. The monoisotopic (exact) mass is 326 g/mol. The molecule has 0 bridgehead atoms. The van der Waals surface area contributed by atoms with Gasteiger partial charge in [-0.1, -0.05) is 12.1 Å². The third-order valence-corrected chi connectivity index (χ3v) is 3.34. The van der Waals surface area contributed by atoms with Gasteiger partial charge in [0.25, 0.3) is 5.56 Å². The Morgan fingerprint density at radius 3 is 2.89 bits per heavy atom. The fourth-order valence-corrected chi connectivity index (χ4v) is 2.06. The first-order valence-corrected chi connectivity index (χ1v) is 6.37. The fourth-order valence-electron chi connectivity index (χ4n) is 1.74. The van der Waals surface area contributed by atoms with E-state index < -0.39 is 5.82 Å². The van der Waals surface area contributed by atoms with Crippen LogP contribution >= 0.6 is 15.9 Å². The van der Waals surface area contributed by atoms with Crippen molar-refractivity contribution in [1.29, 1.82) is 0 Å². The van der Waals surface area contributed by atoms with Crippen LogP contribution in [0.5, 0.6) is 5.75 Å². The van der Waals surface area contributed by atoms with Gasteiger partial charge >= 0.3 is 0 Å². The molecule has 1 heterocycles. The van der Waals surface area contributed by atoms with Crippen molar-refractivity contribution >= 4 is 15.9 Å². The molecular formula is C13H12BrFN2O2. The van der Waals surface area contributed by atoms with Gasteiger partial charge in [0.15, 0.2) is 11.6 Å². The second-order valence-corrected chi connectivity index (χ2v) is 4.83. The molecule has 0 unspecified atom stereocenters. The van der Waals surface area contributed by atoms with E-state index >= 15 is 0 Å². The van der Waals surface area contributed by atoms with Crippen molar-refractivity contribution in [3.05, 3.63) is 56.4 Å². The molecule has 2 rings (SSSR count). The molecular weight excluding hydrogens is 315 g/mol. The van der Waals surface area contributed by atoms with Crippen LogP contribution in [0.4, 0.5) is 4.39 Å². The number of ether oxygens (including phenoxy) is 1. The van der Waals surface area contributed by atoms with E-state index in [1.165, 1.54) is 23.9 Å². The molecule has 1 aromatic heterocycles. The Labute approximate surface area is 118 Å². The predicted molar refractivity (Wildman–Crippen MR) is 73.0 cm³/mol. The lowest BCUT2D eigenvalue weighted by Gasteiger charge is -2.11. The van der Waals surface area contributed by atoms with E-state index in [9.17, 15) is 9.18 Å². The van der Waals surface area contributed by atoms with Crippen molar-refractivity contribution in [3.63, 3.8) is 0 Å². The van der Waals surface area contributed by atoms with Crippen molar-refractivity contribution in [1.82, 2.24) is 9.55 Å². The molecule has 0 spiro atoms. The highest BCUT2D eigenvalue weighted by Crippen LogP contribution is 2.20. The molecule has 0 aliphatic rings. The Kier molecular flexibility index (Phi) is 3.99. The first-order valence-electron chi connectivity index (χ1n) is 5.58. The predicted octanol–water partition coefficient (Wildman–Crippen LogP) is 2.51. The van der Waals surface area contributed by atoms with Gasteiger partial charge < -0.3 is 4.74 Å². The first-order chi connectivity index (χ1) is 9.04. The molecule has 1 aromatic carbocycles. The van der Waals surface area contributed by atoms with Crippen LogP contribution in [0.1, 0.15) is 11.4 Å². The van der Waals surface area contributed by atoms with Gasteiger partial charge in [0.1, 0.15) is 10.3 Å². The van der Waals surface area contributed by atoms with E-state index in [0.29, 0.717) is 15.9 Å². The van der Waals surface area contributed by atoms with Gasteiger partial charge in [-0.25, -0.2) is 9.37 Å². The summed E-state index contributed by atoms with van der Waals surface area (Å²) in [7, 11) is 1.40. The van der Waals surface area contributed by atoms with E-state index in [2.05, 4.69) is 20.9 Å². The second-order valence-electron chi connectivity index (χ2n) is 3.98. The summed E-state index contributed by atoms with van der Waals surface area (Å²) in [6.07, 6.45) is 1.44. The van der Waals surface area contributed by atoms with Crippen LogP contribution in [0.2, 0.25) is 0 Å². The maximum atomic E-state index is 14.1. The molecule has 0 atom stereocenters. The van der Waals surface area contributed by atoms with Gasteiger partial charge in [-0.15, -0.1) is 0 Å². The molecule has 0 amide bonds. The zero-order chi connectivity index (χ0) is 14.0. The van der Waals surface area contributed by atoms with Crippen LogP contribution in [-0.2, 0) is 6.54 Å². The van der Waals surface area contributed by atoms with E-state index in [-0.39, 0.29) is 17.9 Å². The zero-order valence-electron chi connectivity index (χ0n) is 10.5. The van der Waals surface area contributed by atoms with Crippen LogP contribution in [0.15, 0.2) is 33.7 Å². The minimum Gasteiger partial charge on any atom is -0.494 e. The van der Waals surface area contributed by atoms with Crippen molar-refractivity contribution < 1.29 is 9.13 Å². The Bertz CT molecular complexity index is 670. The van der Waals surface area contributed by atoms with Gasteiger partial charge in [0, 0.05) is 11.8 Å². The third-order valence-electron chi connectivity index (χ3n) is 2.80. The Balaban J connectivity index is 2.48. The second kappa shape index (κ2) is 5.52. The van der Waals surface area contributed by atoms with E-state index in [1.807, 2.05) is 0 Å². The van der Waals surface area contributed by atoms with Gasteiger partial charge in [-0.3, -0.25) is 9.36 Å². The van der Waals surface area contributed by atoms with Crippen LogP contribution in [-0.4, -0.2) is 16.7 Å². The van der Waals surface area contributed by atoms with Crippen LogP contribution in [0.3, 0.4) is 0 Å². The number of aryl methyl sites for hydroxylation is 1. The topological polar surface area (TPSA) is 44.1 Å². The highest BCUT2D eigenvalue weighted by molar-refractivity contribution is 9.10. The van der Waals surface area contributed by atoms with E-state index in [0.717, 1.165) is 0 Å².